The van der Waals surface area contributed by atoms with E-state index in [-0.39, 0.29) is 5.92 Å². The van der Waals surface area contributed by atoms with Crippen LogP contribution in [-0.4, -0.2) is 29.2 Å². The van der Waals surface area contributed by atoms with E-state index in [0.29, 0.717) is 36.4 Å². The van der Waals surface area contributed by atoms with Gasteiger partial charge in [-0.3, -0.25) is 4.79 Å². The molecule has 1 saturated carbocycles. The van der Waals surface area contributed by atoms with Crippen molar-refractivity contribution in [2.45, 2.75) is 25.0 Å². The van der Waals surface area contributed by atoms with Gasteiger partial charge in [0, 0.05) is 18.3 Å². The van der Waals surface area contributed by atoms with Crippen LogP contribution in [0.25, 0.3) is 0 Å². The number of aliphatic hydroxyl groups is 1. The van der Waals surface area contributed by atoms with Crippen molar-refractivity contribution in [3.8, 4) is 5.88 Å². The Morgan fingerprint density at radius 2 is 1.92 bits per heavy atom. The van der Waals surface area contributed by atoms with Gasteiger partial charge in [-0.1, -0.05) is 6.07 Å². The molecule has 138 valence electrons. The third kappa shape index (κ3) is 3.65. The van der Waals surface area contributed by atoms with E-state index in [9.17, 15) is 23.1 Å². The SMILES string of the molecule is COc1ccc([C@@H](NC(=O)c2cc(F)c(F)cc2F)C2CC(O)C2)cn1. The fraction of sp³-hybridized carbons (Fsp3) is 0.333. The highest BCUT2D eigenvalue weighted by molar-refractivity contribution is 5.94. The molecule has 1 aromatic carbocycles. The lowest BCUT2D eigenvalue weighted by molar-refractivity contribution is 0.0234. The summed E-state index contributed by atoms with van der Waals surface area (Å²) in [5.41, 5.74) is 0.0503. The van der Waals surface area contributed by atoms with Crippen LogP contribution in [-0.2, 0) is 0 Å². The molecule has 1 heterocycles. The standard InChI is InChI=1S/C18H17F3N2O3/c1-26-16-3-2-9(8-22-16)17(10-4-11(24)5-10)23-18(25)12-6-14(20)15(21)7-13(12)19/h2-3,6-8,10-11,17,24H,4-5H2,1H3,(H,23,25)/t10?,11?,17-/m1/s1. The van der Waals surface area contributed by atoms with E-state index in [0.717, 1.165) is 0 Å². The number of hydrogen-bond donors (Lipinski definition) is 2. The number of benzene rings is 1. The first-order valence-electron chi connectivity index (χ1n) is 8.02. The van der Waals surface area contributed by atoms with Crippen molar-refractivity contribution in [1.29, 1.82) is 0 Å². The number of hydrogen-bond acceptors (Lipinski definition) is 4. The maximum absolute atomic E-state index is 13.9. The first-order valence-corrected chi connectivity index (χ1v) is 8.02. The van der Waals surface area contributed by atoms with Gasteiger partial charge in [0.25, 0.3) is 5.91 Å². The second-order valence-electron chi connectivity index (χ2n) is 6.22. The number of ether oxygens (including phenoxy) is 1. The van der Waals surface area contributed by atoms with Gasteiger partial charge in [-0.25, -0.2) is 18.2 Å². The molecule has 2 aromatic rings. The third-order valence-electron chi connectivity index (χ3n) is 4.49. The molecule has 0 aliphatic heterocycles. The molecular formula is C18H17F3N2O3. The zero-order valence-corrected chi connectivity index (χ0v) is 13.9. The molecule has 8 heteroatoms. The van der Waals surface area contributed by atoms with Gasteiger partial charge in [-0.15, -0.1) is 0 Å². The first kappa shape index (κ1) is 18.2. The van der Waals surface area contributed by atoms with Crippen LogP contribution < -0.4 is 10.1 Å². The average Bonchev–Trinajstić information content (AvgIpc) is 2.60. The van der Waals surface area contributed by atoms with E-state index in [1.165, 1.54) is 13.3 Å². The van der Waals surface area contributed by atoms with Crippen LogP contribution in [0.3, 0.4) is 0 Å². The molecule has 1 aliphatic carbocycles. The molecule has 2 N–H and O–H groups in total. The van der Waals surface area contributed by atoms with Crippen LogP contribution in [0, 0.1) is 23.4 Å². The number of nitrogens with zero attached hydrogens (tertiary/aromatic N) is 1. The number of pyridine rings is 1. The van der Waals surface area contributed by atoms with Crippen LogP contribution >= 0.6 is 0 Å². The topological polar surface area (TPSA) is 71.5 Å². The second kappa shape index (κ2) is 7.33. The normalized spacial score (nSPS) is 20.2. The Morgan fingerprint density at radius 3 is 2.50 bits per heavy atom. The number of rotatable bonds is 5. The number of carbonyl (C=O) groups is 1. The van der Waals surface area contributed by atoms with Crippen molar-refractivity contribution in [3.63, 3.8) is 0 Å². The largest absolute Gasteiger partial charge is 0.481 e. The number of nitrogens with one attached hydrogen (secondary N) is 1. The fourth-order valence-electron chi connectivity index (χ4n) is 2.99. The van der Waals surface area contributed by atoms with Crippen molar-refractivity contribution >= 4 is 5.91 Å². The van der Waals surface area contributed by atoms with Crippen LogP contribution in [0.2, 0.25) is 0 Å². The minimum Gasteiger partial charge on any atom is -0.481 e. The molecule has 0 spiro atoms. The number of aliphatic hydroxyl groups excluding tert-OH is 1. The van der Waals surface area contributed by atoms with E-state index < -0.39 is 41.1 Å². The van der Waals surface area contributed by atoms with E-state index >= 15 is 0 Å². The molecular weight excluding hydrogens is 349 g/mol. The molecule has 3 rings (SSSR count). The van der Waals surface area contributed by atoms with E-state index in [1.54, 1.807) is 12.1 Å². The maximum Gasteiger partial charge on any atom is 0.254 e. The Kier molecular flexibility index (Phi) is 5.13. The zero-order chi connectivity index (χ0) is 18.8. The summed E-state index contributed by atoms with van der Waals surface area (Å²) in [7, 11) is 1.47. The molecule has 1 fully saturated rings. The van der Waals surface area contributed by atoms with Gasteiger partial charge in [0.2, 0.25) is 5.88 Å². The Labute approximate surface area is 147 Å². The van der Waals surface area contributed by atoms with Crippen LogP contribution in [0.1, 0.15) is 34.8 Å². The molecule has 1 aliphatic rings. The molecule has 0 bridgehead atoms. The number of methoxy groups -OCH3 is 1. The van der Waals surface area contributed by atoms with Crippen molar-refractivity contribution in [1.82, 2.24) is 10.3 Å². The van der Waals surface area contributed by atoms with Crippen molar-refractivity contribution in [2.75, 3.05) is 7.11 Å². The summed E-state index contributed by atoms with van der Waals surface area (Å²) in [6.07, 6.45) is 1.95. The van der Waals surface area contributed by atoms with Gasteiger partial charge < -0.3 is 15.2 Å². The van der Waals surface area contributed by atoms with Gasteiger partial charge in [-0.05, 0) is 30.4 Å². The Balaban J connectivity index is 1.85. The van der Waals surface area contributed by atoms with Gasteiger partial charge in [0.1, 0.15) is 5.82 Å². The molecule has 1 aromatic heterocycles. The number of aromatic nitrogens is 1. The van der Waals surface area contributed by atoms with Gasteiger partial charge >= 0.3 is 0 Å². The lowest BCUT2D eigenvalue weighted by Gasteiger charge is -2.38. The minimum atomic E-state index is -1.36. The van der Waals surface area contributed by atoms with Crippen molar-refractivity contribution in [3.05, 3.63) is 59.0 Å². The molecule has 0 radical (unpaired) electrons. The third-order valence-corrected chi connectivity index (χ3v) is 4.49. The predicted octanol–water partition coefficient (Wildman–Crippen LogP) is 2.75. The quantitative estimate of drug-likeness (QED) is 0.799. The van der Waals surface area contributed by atoms with E-state index in [4.69, 9.17) is 4.74 Å². The van der Waals surface area contributed by atoms with E-state index in [1.807, 2.05) is 0 Å². The summed E-state index contributed by atoms with van der Waals surface area (Å²) in [5.74, 6) is -4.39. The monoisotopic (exact) mass is 366 g/mol. The smallest absolute Gasteiger partial charge is 0.254 e. The lowest BCUT2D eigenvalue weighted by atomic mass is 9.75. The summed E-state index contributed by atoms with van der Waals surface area (Å²) in [6.45, 7) is 0. The molecule has 1 amide bonds. The zero-order valence-electron chi connectivity index (χ0n) is 13.9. The van der Waals surface area contributed by atoms with Gasteiger partial charge in [-0.2, -0.15) is 0 Å². The first-order chi connectivity index (χ1) is 12.4. The van der Waals surface area contributed by atoms with E-state index in [2.05, 4.69) is 10.3 Å². The van der Waals surface area contributed by atoms with Gasteiger partial charge in [0.15, 0.2) is 11.6 Å². The van der Waals surface area contributed by atoms with Crippen molar-refractivity contribution < 1.29 is 27.8 Å². The minimum absolute atomic E-state index is 0.0856. The Hall–Kier alpha value is -2.61. The number of halogens is 3. The van der Waals surface area contributed by atoms with Crippen molar-refractivity contribution in [2.24, 2.45) is 5.92 Å². The number of carbonyl (C=O) groups excluding carboxylic acids is 1. The van der Waals surface area contributed by atoms with Crippen LogP contribution in [0.5, 0.6) is 5.88 Å². The molecule has 5 nitrogen and oxygen atoms in total. The Bertz CT molecular complexity index is 808. The van der Waals surface area contributed by atoms with Crippen LogP contribution in [0.4, 0.5) is 13.2 Å². The molecule has 1 atom stereocenters. The predicted molar refractivity (Wildman–Crippen MR) is 86.0 cm³/mol. The average molecular weight is 366 g/mol. The molecule has 26 heavy (non-hydrogen) atoms. The maximum atomic E-state index is 13.9. The fourth-order valence-corrected chi connectivity index (χ4v) is 2.99. The summed E-state index contributed by atoms with van der Waals surface area (Å²) in [6, 6.07) is 3.61. The highest BCUT2D eigenvalue weighted by Gasteiger charge is 2.36. The highest BCUT2D eigenvalue weighted by atomic mass is 19.2. The molecule has 0 unspecified atom stereocenters. The number of amides is 1. The van der Waals surface area contributed by atoms with Crippen LogP contribution in [0.15, 0.2) is 30.5 Å². The summed E-state index contributed by atoms with van der Waals surface area (Å²) in [4.78, 5) is 16.5. The summed E-state index contributed by atoms with van der Waals surface area (Å²) < 4.78 is 45.3. The summed E-state index contributed by atoms with van der Waals surface area (Å²) >= 11 is 0. The van der Waals surface area contributed by atoms with Gasteiger partial charge in [0.05, 0.1) is 24.8 Å². The summed E-state index contributed by atoms with van der Waals surface area (Å²) in [5, 5.41) is 12.2. The lowest BCUT2D eigenvalue weighted by Crippen LogP contribution is -2.41. The highest BCUT2D eigenvalue weighted by Crippen LogP contribution is 2.38. The molecule has 0 saturated heterocycles. The second-order valence-corrected chi connectivity index (χ2v) is 6.22. The Morgan fingerprint density at radius 1 is 1.23 bits per heavy atom.